The highest BCUT2D eigenvalue weighted by Crippen LogP contribution is 2.61. The van der Waals surface area contributed by atoms with Gasteiger partial charge >= 0.3 is 0 Å². The molecule has 0 heterocycles. The molecule has 4 bridgehead atoms. The lowest BCUT2D eigenvalue weighted by Crippen LogP contribution is -2.43. The maximum atomic E-state index is 6.57. The molecule has 0 spiro atoms. The van der Waals surface area contributed by atoms with Gasteiger partial charge in [-0.05, 0) is 118 Å². The zero-order valence-electron chi connectivity index (χ0n) is 20.1. The summed E-state index contributed by atoms with van der Waals surface area (Å²) >= 11 is 0. The molecule has 4 aliphatic carbocycles. The van der Waals surface area contributed by atoms with E-state index in [0.717, 1.165) is 69.2 Å². The predicted octanol–water partition coefficient (Wildman–Crippen LogP) is 7.59. The summed E-state index contributed by atoms with van der Waals surface area (Å²) in [6.45, 7) is 4.02. The molecule has 4 saturated carbocycles. The molecule has 4 aliphatic rings. The van der Waals surface area contributed by atoms with E-state index in [9.17, 15) is 0 Å². The van der Waals surface area contributed by atoms with Gasteiger partial charge in [-0.25, -0.2) is 0 Å². The lowest BCUT2D eigenvalue weighted by Gasteiger charge is -2.54. The summed E-state index contributed by atoms with van der Waals surface area (Å²) in [4.78, 5) is 0. The van der Waals surface area contributed by atoms with Crippen molar-refractivity contribution < 1.29 is 9.47 Å². The Kier molecular flexibility index (Phi) is 5.20. The second-order valence-corrected chi connectivity index (χ2v) is 10.8. The van der Waals surface area contributed by atoms with E-state index in [1.807, 2.05) is 56.3 Å². The highest BCUT2D eigenvalue weighted by molar-refractivity contribution is 5.57. The molecule has 4 heteroatoms. The van der Waals surface area contributed by atoms with Crippen LogP contribution < -0.4 is 20.9 Å². The first kappa shape index (κ1) is 21.4. The zero-order valence-corrected chi connectivity index (χ0v) is 20.1. The highest BCUT2D eigenvalue weighted by atomic mass is 16.5. The second kappa shape index (κ2) is 8.26. The molecule has 7 rings (SSSR count). The van der Waals surface area contributed by atoms with Gasteiger partial charge in [0.15, 0.2) is 0 Å². The molecule has 34 heavy (non-hydrogen) atoms. The van der Waals surface area contributed by atoms with Gasteiger partial charge in [0.05, 0.1) is 0 Å². The molecule has 3 aromatic rings. The molecule has 3 aromatic carbocycles. The van der Waals surface area contributed by atoms with Crippen molar-refractivity contribution in [3.63, 3.8) is 0 Å². The topological polar surface area (TPSA) is 70.5 Å². The lowest BCUT2D eigenvalue weighted by molar-refractivity contribution is -0.00340. The summed E-state index contributed by atoms with van der Waals surface area (Å²) in [5.74, 6) is 7.26. The van der Waals surface area contributed by atoms with Crippen LogP contribution in [0.3, 0.4) is 0 Å². The maximum absolute atomic E-state index is 6.57. The number of hydrogen-bond acceptors (Lipinski definition) is 4. The van der Waals surface area contributed by atoms with E-state index in [-0.39, 0.29) is 0 Å². The first-order valence-corrected chi connectivity index (χ1v) is 12.7. The fourth-order valence-corrected chi connectivity index (χ4v) is 7.11. The average molecular weight is 455 g/mol. The van der Waals surface area contributed by atoms with Crippen LogP contribution >= 0.6 is 0 Å². The van der Waals surface area contributed by atoms with Crippen molar-refractivity contribution in [2.45, 2.75) is 51.9 Å². The average Bonchev–Trinajstić information content (AvgIpc) is 2.80. The maximum Gasteiger partial charge on any atom is 0.132 e. The van der Waals surface area contributed by atoms with Crippen molar-refractivity contribution in [2.24, 2.45) is 23.7 Å². The number of nitrogens with two attached hydrogens (primary N) is 2. The third-order valence-electron chi connectivity index (χ3n) is 8.67. The van der Waals surface area contributed by atoms with E-state index in [0.29, 0.717) is 5.92 Å². The minimum absolute atomic E-state index is 0.523. The molecular weight excluding hydrogens is 420 g/mol. The predicted molar refractivity (Wildman–Crippen MR) is 138 cm³/mol. The molecule has 4 nitrogen and oxygen atoms in total. The Morgan fingerprint density at radius 1 is 0.647 bits per heavy atom. The quantitative estimate of drug-likeness (QED) is 0.390. The van der Waals surface area contributed by atoms with Gasteiger partial charge in [0.25, 0.3) is 0 Å². The van der Waals surface area contributed by atoms with Crippen LogP contribution in [0.25, 0.3) is 0 Å². The first-order valence-electron chi connectivity index (χ1n) is 12.7. The molecule has 4 N–H and O–H groups in total. The third-order valence-corrected chi connectivity index (χ3v) is 8.67. The number of hydrogen-bond donors (Lipinski definition) is 2. The Bertz CT molecular complexity index is 1210. The van der Waals surface area contributed by atoms with Crippen molar-refractivity contribution in [3.8, 4) is 23.0 Å². The molecule has 0 amide bonds. The van der Waals surface area contributed by atoms with Gasteiger partial charge < -0.3 is 20.9 Å². The minimum Gasteiger partial charge on any atom is -0.457 e. The normalized spacial score (nSPS) is 27.1. The fourth-order valence-electron chi connectivity index (χ4n) is 7.11. The molecule has 4 fully saturated rings. The van der Waals surface area contributed by atoms with E-state index in [1.165, 1.54) is 37.7 Å². The molecule has 176 valence electrons. The molecular formula is C30H34N2O2. The summed E-state index contributed by atoms with van der Waals surface area (Å²) in [6.07, 6.45) is 6.87. The second-order valence-electron chi connectivity index (χ2n) is 10.8. The Balaban J connectivity index is 1.40. The summed E-state index contributed by atoms with van der Waals surface area (Å²) in [6, 6.07) is 18.0. The van der Waals surface area contributed by atoms with Crippen molar-refractivity contribution in [2.75, 3.05) is 11.5 Å². The van der Waals surface area contributed by atoms with Crippen LogP contribution in [0.4, 0.5) is 11.4 Å². The van der Waals surface area contributed by atoms with Crippen LogP contribution in [0.2, 0.25) is 0 Å². The number of benzene rings is 3. The van der Waals surface area contributed by atoms with E-state index in [1.54, 1.807) is 0 Å². The summed E-state index contributed by atoms with van der Waals surface area (Å²) < 4.78 is 12.9. The van der Waals surface area contributed by atoms with Crippen molar-refractivity contribution in [3.05, 3.63) is 71.3 Å². The van der Waals surface area contributed by atoms with Gasteiger partial charge in [0.2, 0.25) is 0 Å². The number of anilines is 2. The van der Waals surface area contributed by atoms with Crippen LogP contribution in [0, 0.1) is 37.5 Å². The Morgan fingerprint density at radius 2 is 1.21 bits per heavy atom. The van der Waals surface area contributed by atoms with Crippen molar-refractivity contribution in [1.82, 2.24) is 0 Å². The molecule has 0 saturated heterocycles. The zero-order chi connectivity index (χ0) is 23.4. The van der Waals surface area contributed by atoms with Crippen LogP contribution in [0.1, 0.15) is 54.7 Å². The van der Waals surface area contributed by atoms with Gasteiger partial charge in [-0.1, -0.05) is 12.1 Å². The third kappa shape index (κ3) is 3.70. The summed E-state index contributed by atoms with van der Waals surface area (Å²) in [7, 11) is 0. The number of ether oxygens (including phenoxy) is 2. The Morgan fingerprint density at radius 3 is 1.79 bits per heavy atom. The molecule has 0 unspecified atom stereocenters. The molecule has 0 aliphatic heterocycles. The van der Waals surface area contributed by atoms with E-state index in [2.05, 4.69) is 12.1 Å². The lowest BCUT2D eigenvalue weighted by atomic mass is 9.50. The molecule has 0 aromatic heterocycles. The van der Waals surface area contributed by atoms with Crippen molar-refractivity contribution in [1.29, 1.82) is 0 Å². The number of nitrogen functional groups attached to an aromatic ring is 2. The van der Waals surface area contributed by atoms with Gasteiger partial charge in [0, 0.05) is 28.1 Å². The van der Waals surface area contributed by atoms with Gasteiger partial charge in [0.1, 0.15) is 23.0 Å². The largest absolute Gasteiger partial charge is 0.457 e. The number of rotatable bonds is 5. The molecule has 0 atom stereocenters. The summed E-state index contributed by atoms with van der Waals surface area (Å²) in [5.41, 5.74) is 17.0. The highest BCUT2D eigenvalue weighted by Gasteiger charge is 2.49. The fraction of sp³-hybridized carbons (Fsp3) is 0.400. The van der Waals surface area contributed by atoms with Crippen molar-refractivity contribution >= 4 is 11.4 Å². The standard InChI is InChI=1S/C30H34N2O2/c1-17-25(31)5-3-7-27(17)33-23-9-10-29(34-28-8-4-6-26(32)18(28)2)24(16-23)30-21-12-19-11-20(14-21)15-22(30)13-19/h3-10,16,19-22,30H,11-15,31-32H2,1-2H3. The summed E-state index contributed by atoms with van der Waals surface area (Å²) in [5, 5.41) is 0. The minimum atomic E-state index is 0.523. The Hall–Kier alpha value is -3.14. The van der Waals surface area contributed by atoms with Crippen LogP contribution in [0.15, 0.2) is 54.6 Å². The Labute approximate surface area is 202 Å². The van der Waals surface area contributed by atoms with Crippen LogP contribution in [-0.4, -0.2) is 0 Å². The van der Waals surface area contributed by atoms with Gasteiger partial charge in [-0.2, -0.15) is 0 Å². The smallest absolute Gasteiger partial charge is 0.132 e. The monoisotopic (exact) mass is 454 g/mol. The van der Waals surface area contributed by atoms with E-state index < -0.39 is 0 Å². The first-order chi connectivity index (χ1) is 16.5. The van der Waals surface area contributed by atoms with Crippen LogP contribution in [0.5, 0.6) is 23.0 Å². The molecule has 0 radical (unpaired) electrons. The van der Waals surface area contributed by atoms with Gasteiger partial charge in [-0.3, -0.25) is 0 Å². The van der Waals surface area contributed by atoms with E-state index in [4.69, 9.17) is 20.9 Å². The van der Waals surface area contributed by atoms with Gasteiger partial charge in [-0.15, -0.1) is 0 Å². The van der Waals surface area contributed by atoms with Crippen LogP contribution in [-0.2, 0) is 0 Å². The van der Waals surface area contributed by atoms with E-state index >= 15 is 0 Å². The SMILES string of the molecule is Cc1c(N)cccc1Oc1ccc(Oc2cccc(N)c2C)c(C2C3CC4CC(C3)CC2C4)c1.